The molecule has 1 aliphatic carbocycles. The summed E-state index contributed by atoms with van der Waals surface area (Å²) in [5.74, 6) is -0.303. The second-order valence-corrected chi connectivity index (χ2v) is 5.87. The Labute approximate surface area is 133 Å². The number of amides is 1. The van der Waals surface area contributed by atoms with Gasteiger partial charge in [0, 0.05) is 6.04 Å². The maximum absolute atomic E-state index is 12.8. The molecule has 7 heteroatoms. The first-order valence-corrected chi connectivity index (χ1v) is 7.51. The molecule has 3 N–H and O–H groups in total. The van der Waals surface area contributed by atoms with E-state index in [9.17, 15) is 4.79 Å². The van der Waals surface area contributed by atoms with Crippen molar-refractivity contribution < 1.29 is 10.0 Å². The number of benzene rings is 1. The van der Waals surface area contributed by atoms with Crippen molar-refractivity contribution in [2.45, 2.75) is 31.7 Å². The van der Waals surface area contributed by atoms with Crippen LogP contribution in [0.25, 0.3) is 0 Å². The van der Waals surface area contributed by atoms with Gasteiger partial charge in [-0.3, -0.25) is 4.79 Å². The Morgan fingerprint density at radius 2 is 1.90 bits per heavy atom. The second-order valence-electron chi connectivity index (χ2n) is 5.06. The fourth-order valence-electron chi connectivity index (χ4n) is 2.63. The Morgan fingerprint density at radius 3 is 2.43 bits per heavy atom. The maximum atomic E-state index is 12.8. The van der Waals surface area contributed by atoms with E-state index in [0.717, 1.165) is 25.7 Å². The zero-order valence-corrected chi connectivity index (χ0v) is 12.9. The van der Waals surface area contributed by atoms with Crippen LogP contribution >= 0.6 is 23.2 Å². The molecule has 0 spiro atoms. The summed E-state index contributed by atoms with van der Waals surface area (Å²) in [6.07, 6.45) is 3.90. The van der Waals surface area contributed by atoms with Crippen LogP contribution in [0.5, 0.6) is 0 Å². The summed E-state index contributed by atoms with van der Waals surface area (Å²) in [5, 5.41) is 12.3. The average molecular weight is 330 g/mol. The molecular formula is C14H17Cl2N3O2. The zero-order chi connectivity index (χ0) is 15.4. The molecule has 114 valence electrons. The predicted octanol–water partition coefficient (Wildman–Crippen LogP) is 3.12. The average Bonchev–Trinajstić information content (AvgIpc) is 2.97. The molecule has 1 aliphatic rings. The van der Waals surface area contributed by atoms with Crippen molar-refractivity contribution in [3.05, 3.63) is 33.8 Å². The van der Waals surface area contributed by atoms with Crippen LogP contribution in [-0.4, -0.2) is 34.4 Å². The number of hydrogen-bond acceptors (Lipinski definition) is 3. The van der Waals surface area contributed by atoms with Gasteiger partial charge >= 0.3 is 0 Å². The molecule has 0 bridgehead atoms. The Morgan fingerprint density at radius 1 is 1.33 bits per heavy atom. The fraction of sp³-hybridized carbons (Fsp3) is 0.429. The lowest BCUT2D eigenvalue weighted by molar-refractivity contribution is 0.0712. The van der Waals surface area contributed by atoms with Gasteiger partial charge < -0.3 is 15.8 Å². The molecule has 1 saturated carbocycles. The van der Waals surface area contributed by atoms with Crippen LogP contribution in [-0.2, 0) is 0 Å². The van der Waals surface area contributed by atoms with Crippen LogP contribution in [0.2, 0.25) is 10.0 Å². The zero-order valence-electron chi connectivity index (χ0n) is 11.4. The number of hydrogen-bond donors (Lipinski definition) is 2. The van der Waals surface area contributed by atoms with Crippen molar-refractivity contribution in [1.82, 2.24) is 4.90 Å². The van der Waals surface area contributed by atoms with E-state index in [2.05, 4.69) is 5.16 Å². The first-order chi connectivity index (χ1) is 10.0. The topological polar surface area (TPSA) is 78.9 Å². The third kappa shape index (κ3) is 3.60. The third-order valence-electron chi connectivity index (χ3n) is 3.66. The van der Waals surface area contributed by atoms with Crippen molar-refractivity contribution in [2.24, 2.45) is 10.9 Å². The Hall–Kier alpha value is -1.46. The minimum absolute atomic E-state index is 0.0153. The van der Waals surface area contributed by atoms with Crippen LogP contribution in [0.1, 0.15) is 36.0 Å². The Bertz CT molecular complexity index is 537. The number of nitrogens with two attached hydrogens (primary N) is 1. The molecule has 1 aromatic rings. The minimum atomic E-state index is -0.288. The van der Waals surface area contributed by atoms with Gasteiger partial charge in [-0.25, -0.2) is 0 Å². The van der Waals surface area contributed by atoms with Crippen LogP contribution in [0, 0.1) is 0 Å². The minimum Gasteiger partial charge on any atom is -0.409 e. The van der Waals surface area contributed by atoms with E-state index in [0.29, 0.717) is 10.0 Å². The molecular weight excluding hydrogens is 313 g/mol. The predicted molar refractivity (Wildman–Crippen MR) is 83.2 cm³/mol. The molecule has 1 amide bonds. The van der Waals surface area contributed by atoms with Crippen LogP contribution in [0.15, 0.2) is 23.4 Å². The normalized spacial score (nSPS) is 16.2. The summed E-state index contributed by atoms with van der Waals surface area (Å²) in [7, 11) is 0. The third-order valence-corrected chi connectivity index (χ3v) is 4.29. The molecule has 0 aliphatic heterocycles. The summed E-state index contributed by atoms with van der Waals surface area (Å²) < 4.78 is 0. The molecule has 5 nitrogen and oxygen atoms in total. The van der Waals surface area contributed by atoms with Crippen LogP contribution < -0.4 is 5.73 Å². The van der Waals surface area contributed by atoms with Gasteiger partial charge in [0.05, 0.1) is 22.2 Å². The largest absolute Gasteiger partial charge is 0.409 e. The highest BCUT2D eigenvalue weighted by molar-refractivity contribution is 6.39. The maximum Gasteiger partial charge on any atom is 0.257 e. The molecule has 0 atom stereocenters. The lowest BCUT2D eigenvalue weighted by Gasteiger charge is -2.29. The van der Waals surface area contributed by atoms with E-state index in [1.807, 2.05) is 0 Å². The summed E-state index contributed by atoms with van der Waals surface area (Å²) in [6.45, 7) is 0.0571. The summed E-state index contributed by atoms with van der Waals surface area (Å²) in [6, 6.07) is 4.99. The van der Waals surface area contributed by atoms with Crippen LogP contribution in [0.3, 0.4) is 0 Å². The number of rotatable bonds is 4. The van der Waals surface area contributed by atoms with E-state index in [-0.39, 0.29) is 29.9 Å². The summed E-state index contributed by atoms with van der Waals surface area (Å²) in [5.41, 5.74) is 5.84. The Balaban J connectivity index is 2.33. The lowest BCUT2D eigenvalue weighted by atomic mass is 10.1. The van der Waals surface area contributed by atoms with Gasteiger partial charge in [-0.1, -0.05) is 47.3 Å². The number of carbonyl (C=O) groups is 1. The highest BCUT2D eigenvalue weighted by atomic mass is 35.5. The van der Waals surface area contributed by atoms with Gasteiger partial charge in [-0.15, -0.1) is 0 Å². The van der Waals surface area contributed by atoms with Gasteiger partial charge in [0.25, 0.3) is 5.91 Å². The quantitative estimate of drug-likeness (QED) is 0.385. The second kappa shape index (κ2) is 7.00. The van der Waals surface area contributed by atoms with Crippen molar-refractivity contribution in [1.29, 1.82) is 0 Å². The number of oxime groups is 1. The molecule has 0 aromatic heterocycles. The van der Waals surface area contributed by atoms with Gasteiger partial charge in [-0.05, 0) is 25.0 Å². The molecule has 2 rings (SSSR count). The molecule has 1 aromatic carbocycles. The SMILES string of the molecule is NC(CN(C(=O)c1c(Cl)cccc1Cl)C1CCCC1)=NO. The van der Waals surface area contributed by atoms with Crippen molar-refractivity contribution >= 4 is 34.9 Å². The van der Waals surface area contributed by atoms with Gasteiger partial charge in [0.1, 0.15) is 0 Å². The van der Waals surface area contributed by atoms with Gasteiger partial charge in [0.2, 0.25) is 0 Å². The fourth-order valence-corrected chi connectivity index (χ4v) is 3.19. The van der Waals surface area contributed by atoms with Crippen molar-refractivity contribution in [3.63, 3.8) is 0 Å². The Kier molecular flexibility index (Phi) is 5.31. The number of halogens is 2. The molecule has 0 heterocycles. The number of carbonyl (C=O) groups excluding carboxylic acids is 1. The van der Waals surface area contributed by atoms with E-state index in [1.54, 1.807) is 23.1 Å². The first kappa shape index (κ1) is 15.9. The van der Waals surface area contributed by atoms with Gasteiger partial charge in [0.15, 0.2) is 5.84 Å². The monoisotopic (exact) mass is 329 g/mol. The van der Waals surface area contributed by atoms with E-state index in [4.69, 9.17) is 34.1 Å². The molecule has 21 heavy (non-hydrogen) atoms. The van der Waals surface area contributed by atoms with Crippen LogP contribution in [0.4, 0.5) is 0 Å². The molecule has 1 fully saturated rings. The molecule has 0 saturated heterocycles. The molecule has 0 unspecified atom stereocenters. The highest BCUT2D eigenvalue weighted by Crippen LogP contribution is 2.30. The van der Waals surface area contributed by atoms with Crippen molar-refractivity contribution in [2.75, 3.05) is 6.54 Å². The van der Waals surface area contributed by atoms with E-state index >= 15 is 0 Å². The standard InChI is InChI=1S/C14H17Cl2N3O2/c15-10-6-3-7-11(16)13(10)14(20)19(8-12(17)18-21)9-4-1-2-5-9/h3,6-7,9,21H,1-2,4-5,8H2,(H2,17,18). The van der Waals surface area contributed by atoms with E-state index in [1.165, 1.54) is 0 Å². The smallest absolute Gasteiger partial charge is 0.257 e. The van der Waals surface area contributed by atoms with Gasteiger partial charge in [-0.2, -0.15) is 0 Å². The molecule has 0 radical (unpaired) electrons. The summed E-state index contributed by atoms with van der Waals surface area (Å²) in [4.78, 5) is 14.4. The highest BCUT2D eigenvalue weighted by Gasteiger charge is 2.30. The lowest BCUT2D eigenvalue weighted by Crippen LogP contribution is -2.44. The number of nitrogens with zero attached hydrogens (tertiary/aromatic N) is 2. The summed E-state index contributed by atoms with van der Waals surface area (Å²) >= 11 is 12.2. The first-order valence-electron chi connectivity index (χ1n) is 6.76. The van der Waals surface area contributed by atoms with Crippen molar-refractivity contribution in [3.8, 4) is 0 Å². The number of amidine groups is 1. The van der Waals surface area contributed by atoms with E-state index < -0.39 is 0 Å².